The summed E-state index contributed by atoms with van der Waals surface area (Å²) in [5, 5.41) is 11.0. The Morgan fingerprint density at radius 1 is 1.64 bits per heavy atom. The normalized spacial score (nSPS) is 10.3. The van der Waals surface area contributed by atoms with Gasteiger partial charge in [0.25, 0.3) is 0 Å². The Balaban J connectivity index is 2.82. The Kier molecular flexibility index (Phi) is 2.43. The quantitative estimate of drug-likeness (QED) is 0.389. The maximum Gasteiger partial charge on any atom is 0.137 e. The van der Waals surface area contributed by atoms with E-state index in [0.29, 0.717) is 11.4 Å². The highest BCUT2D eigenvalue weighted by Gasteiger charge is 1.90. The highest BCUT2D eigenvalue weighted by Crippen LogP contribution is 2.06. The van der Waals surface area contributed by atoms with E-state index in [4.69, 9.17) is 9.94 Å². The van der Waals surface area contributed by atoms with Crippen LogP contribution in [0.1, 0.15) is 5.69 Å². The molecule has 1 N–H and O–H groups in total. The van der Waals surface area contributed by atoms with Crippen LogP contribution in [0.2, 0.25) is 0 Å². The first-order chi connectivity index (χ1) is 5.36. The van der Waals surface area contributed by atoms with Crippen LogP contribution in [0.3, 0.4) is 0 Å². The molecule has 4 nitrogen and oxygen atoms in total. The van der Waals surface area contributed by atoms with Gasteiger partial charge in [0.2, 0.25) is 0 Å². The van der Waals surface area contributed by atoms with Crippen molar-refractivity contribution < 1.29 is 9.94 Å². The van der Waals surface area contributed by atoms with Gasteiger partial charge in [0.05, 0.1) is 25.2 Å². The molecular weight excluding hydrogens is 144 g/mol. The highest BCUT2D eigenvalue weighted by atomic mass is 16.5. The number of hydrogen-bond donors (Lipinski definition) is 1. The average molecular weight is 152 g/mol. The van der Waals surface area contributed by atoms with Crippen LogP contribution in [-0.4, -0.2) is 23.5 Å². The number of aromatic nitrogens is 1. The molecule has 0 atom stereocenters. The van der Waals surface area contributed by atoms with Crippen LogP contribution in [-0.2, 0) is 0 Å². The number of rotatable bonds is 2. The molecule has 0 fully saturated rings. The zero-order valence-corrected chi connectivity index (χ0v) is 6.06. The Morgan fingerprint density at radius 3 is 2.91 bits per heavy atom. The van der Waals surface area contributed by atoms with E-state index in [1.54, 1.807) is 25.4 Å². The Morgan fingerprint density at radius 2 is 2.45 bits per heavy atom. The molecule has 1 heterocycles. The Hall–Kier alpha value is -1.58. The van der Waals surface area contributed by atoms with Gasteiger partial charge in [-0.05, 0) is 12.1 Å². The lowest BCUT2D eigenvalue weighted by Gasteiger charge is -1.96. The number of hydrogen-bond acceptors (Lipinski definition) is 4. The van der Waals surface area contributed by atoms with Crippen molar-refractivity contribution in [2.75, 3.05) is 7.11 Å². The van der Waals surface area contributed by atoms with Gasteiger partial charge in [-0.3, -0.25) is 4.98 Å². The Labute approximate surface area is 64.1 Å². The molecule has 1 aromatic heterocycles. The van der Waals surface area contributed by atoms with Crippen LogP contribution < -0.4 is 4.74 Å². The third-order valence-electron chi connectivity index (χ3n) is 1.18. The predicted octanol–water partition coefficient (Wildman–Crippen LogP) is 0.898. The largest absolute Gasteiger partial charge is 0.495 e. The number of nitrogens with zero attached hydrogens (tertiary/aromatic N) is 2. The van der Waals surface area contributed by atoms with E-state index >= 15 is 0 Å². The van der Waals surface area contributed by atoms with E-state index in [2.05, 4.69) is 10.1 Å². The lowest BCUT2D eigenvalue weighted by atomic mass is 10.4. The fraction of sp³-hybridized carbons (Fsp3) is 0.143. The second-order valence-electron chi connectivity index (χ2n) is 1.87. The van der Waals surface area contributed by atoms with Crippen LogP contribution in [0.25, 0.3) is 0 Å². The van der Waals surface area contributed by atoms with E-state index in [-0.39, 0.29) is 0 Å². The second kappa shape index (κ2) is 3.55. The molecule has 0 saturated heterocycles. The molecule has 58 valence electrons. The molecule has 0 radical (unpaired) electrons. The minimum atomic E-state index is 0.591. The Bertz CT molecular complexity index is 243. The summed E-state index contributed by atoms with van der Waals surface area (Å²) in [6.45, 7) is 0. The molecule has 0 amide bonds. The smallest absolute Gasteiger partial charge is 0.137 e. The van der Waals surface area contributed by atoms with Crippen LogP contribution >= 0.6 is 0 Å². The van der Waals surface area contributed by atoms with Gasteiger partial charge in [0.15, 0.2) is 0 Å². The van der Waals surface area contributed by atoms with Crippen molar-refractivity contribution in [1.29, 1.82) is 0 Å². The van der Waals surface area contributed by atoms with Crippen molar-refractivity contribution in [2.45, 2.75) is 0 Å². The summed E-state index contributed by atoms with van der Waals surface area (Å²) in [5.41, 5.74) is 0.591. The van der Waals surface area contributed by atoms with E-state index < -0.39 is 0 Å². The number of ether oxygens (including phenoxy) is 1. The molecule has 0 aliphatic rings. The maximum absolute atomic E-state index is 8.14. The third kappa shape index (κ3) is 1.93. The lowest BCUT2D eigenvalue weighted by molar-refractivity contribution is 0.321. The lowest BCUT2D eigenvalue weighted by Crippen LogP contribution is -1.88. The average Bonchev–Trinajstić information content (AvgIpc) is 2.07. The van der Waals surface area contributed by atoms with E-state index in [0.717, 1.165) is 0 Å². The van der Waals surface area contributed by atoms with Crippen LogP contribution in [0, 0.1) is 0 Å². The van der Waals surface area contributed by atoms with Gasteiger partial charge in [-0.1, -0.05) is 5.16 Å². The van der Waals surface area contributed by atoms with Crippen molar-refractivity contribution >= 4 is 6.21 Å². The molecule has 0 saturated carbocycles. The first kappa shape index (κ1) is 7.53. The molecule has 0 unspecified atom stereocenters. The summed E-state index contributed by atoms with van der Waals surface area (Å²) in [7, 11) is 1.57. The van der Waals surface area contributed by atoms with Gasteiger partial charge < -0.3 is 9.94 Å². The van der Waals surface area contributed by atoms with Gasteiger partial charge in [-0.2, -0.15) is 0 Å². The molecule has 0 aromatic carbocycles. The monoisotopic (exact) mass is 152 g/mol. The van der Waals surface area contributed by atoms with E-state index in [1.807, 2.05) is 0 Å². The summed E-state index contributed by atoms with van der Waals surface area (Å²) in [4.78, 5) is 3.90. The molecule has 0 spiro atoms. The molecule has 0 aliphatic heterocycles. The number of pyridine rings is 1. The summed E-state index contributed by atoms with van der Waals surface area (Å²) in [6, 6.07) is 3.43. The molecular formula is C7H8N2O2. The first-order valence-corrected chi connectivity index (χ1v) is 3.04. The van der Waals surface area contributed by atoms with Crippen molar-refractivity contribution in [2.24, 2.45) is 5.16 Å². The molecule has 11 heavy (non-hydrogen) atoms. The molecule has 1 rings (SSSR count). The third-order valence-corrected chi connectivity index (χ3v) is 1.18. The predicted molar refractivity (Wildman–Crippen MR) is 40.2 cm³/mol. The zero-order chi connectivity index (χ0) is 8.10. The maximum atomic E-state index is 8.14. The summed E-state index contributed by atoms with van der Waals surface area (Å²) in [6.07, 6.45) is 2.80. The summed E-state index contributed by atoms with van der Waals surface area (Å²) < 4.78 is 4.88. The molecule has 0 bridgehead atoms. The minimum Gasteiger partial charge on any atom is -0.495 e. The molecule has 1 aromatic rings. The van der Waals surface area contributed by atoms with Crippen LogP contribution in [0.5, 0.6) is 5.75 Å². The van der Waals surface area contributed by atoms with Crippen molar-refractivity contribution in [1.82, 2.24) is 4.98 Å². The van der Waals surface area contributed by atoms with Gasteiger partial charge in [-0.25, -0.2) is 0 Å². The van der Waals surface area contributed by atoms with Gasteiger partial charge in [0.1, 0.15) is 5.75 Å². The number of methoxy groups -OCH3 is 1. The van der Waals surface area contributed by atoms with Crippen molar-refractivity contribution in [3.05, 3.63) is 24.0 Å². The van der Waals surface area contributed by atoms with E-state index in [1.165, 1.54) is 6.21 Å². The van der Waals surface area contributed by atoms with Gasteiger partial charge in [0, 0.05) is 0 Å². The van der Waals surface area contributed by atoms with Crippen LogP contribution in [0.4, 0.5) is 0 Å². The minimum absolute atomic E-state index is 0.591. The summed E-state index contributed by atoms with van der Waals surface area (Å²) in [5.74, 6) is 0.681. The first-order valence-electron chi connectivity index (χ1n) is 3.04. The number of oxime groups is 1. The SMILES string of the molecule is COc1ccc(/C=N/O)nc1. The van der Waals surface area contributed by atoms with Crippen molar-refractivity contribution in [3.8, 4) is 5.75 Å². The van der Waals surface area contributed by atoms with Crippen molar-refractivity contribution in [3.63, 3.8) is 0 Å². The fourth-order valence-corrected chi connectivity index (χ4v) is 0.648. The van der Waals surface area contributed by atoms with E-state index in [9.17, 15) is 0 Å². The second-order valence-corrected chi connectivity index (χ2v) is 1.87. The van der Waals surface area contributed by atoms with Crippen LogP contribution in [0.15, 0.2) is 23.5 Å². The zero-order valence-electron chi connectivity index (χ0n) is 6.06. The van der Waals surface area contributed by atoms with Gasteiger partial charge >= 0.3 is 0 Å². The van der Waals surface area contributed by atoms with Gasteiger partial charge in [-0.15, -0.1) is 0 Å². The molecule has 0 aliphatic carbocycles. The fourth-order valence-electron chi connectivity index (χ4n) is 0.648. The standard InChI is InChI=1S/C7H8N2O2/c1-11-7-3-2-6(4-9-10)8-5-7/h2-5,10H,1H3/b9-4+. The summed E-state index contributed by atoms with van der Waals surface area (Å²) >= 11 is 0. The molecule has 4 heteroatoms. The highest BCUT2D eigenvalue weighted by molar-refractivity contribution is 5.76. The topological polar surface area (TPSA) is 54.7 Å².